The molecule has 9 heteroatoms. The van der Waals surface area contributed by atoms with E-state index in [-0.39, 0.29) is 19.5 Å². The summed E-state index contributed by atoms with van der Waals surface area (Å²) in [6.07, 6.45) is -0.686. The molecule has 2 rings (SSSR count). The van der Waals surface area contributed by atoms with Gasteiger partial charge in [-0.3, -0.25) is 14.9 Å². The molecule has 0 aromatic carbocycles. The molecule has 3 N–H and O–H groups in total. The van der Waals surface area contributed by atoms with Gasteiger partial charge in [0, 0.05) is 13.0 Å². The van der Waals surface area contributed by atoms with Crippen LogP contribution in [-0.4, -0.2) is 75.1 Å². The van der Waals surface area contributed by atoms with Crippen LogP contribution in [0.15, 0.2) is 0 Å². The smallest absolute Gasteiger partial charge is 0.326 e. The van der Waals surface area contributed by atoms with Crippen molar-refractivity contribution in [2.24, 2.45) is 0 Å². The largest absolute Gasteiger partial charge is 0.480 e. The van der Waals surface area contributed by atoms with Gasteiger partial charge in [-0.2, -0.15) is 0 Å². The molecule has 0 aromatic rings. The normalized spacial score (nSPS) is 29.5. The number of nitrogens with zero attached hydrogens (tertiary/aromatic N) is 2. The summed E-state index contributed by atoms with van der Waals surface area (Å²) < 4.78 is 0. The highest BCUT2D eigenvalue weighted by Crippen LogP contribution is 2.22. The van der Waals surface area contributed by atoms with Crippen molar-refractivity contribution in [2.75, 3.05) is 13.1 Å². The number of urea groups is 1. The second-order valence-electron chi connectivity index (χ2n) is 5.14. The Bertz CT molecular complexity index is 493. The Labute approximate surface area is 120 Å². The van der Waals surface area contributed by atoms with E-state index in [2.05, 4.69) is 5.32 Å². The number of β-amino-alcohol motifs (C(OH)–C–C–N with tert-alkyl or cyclic N) is 1. The lowest BCUT2D eigenvalue weighted by molar-refractivity contribution is -0.141. The van der Waals surface area contributed by atoms with E-state index < -0.39 is 42.0 Å². The van der Waals surface area contributed by atoms with Gasteiger partial charge in [-0.15, -0.1) is 0 Å². The highest BCUT2D eigenvalue weighted by atomic mass is 16.4. The van der Waals surface area contributed by atoms with Gasteiger partial charge in [0.05, 0.1) is 6.10 Å². The number of rotatable bonds is 2. The van der Waals surface area contributed by atoms with Gasteiger partial charge in [0.15, 0.2) is 0 Å². The number of aliphatic carboxylic acids is 1. The van der Waals surface area contributed by atoms with Crippen LogP contribution in [0.1, 0.15) is 19.8 Å². The van der Waals surface area contributed by atoms with Gasteiger partial charge in [-0.05, 0) is 6.42 Å². The predicted molar refractivity (Wildman–Crippen MR) is 68.1 cm³/mol. The second kappa shape index (κ2) is 5.68. The number of carboxylic acids is 1. The fraction of sp³-hybridized carbons (Fsp3) is 0.667. The first-order chi connectivity index (χ1) is 9.85. The van der Waals surface area contributed by atoms with Gasteiger partial charge >= 0.3 is 12.0 Å². The zero-order chi connectivity index (χ0) is 15.7. The number of piperazine rings is 1. The number of amides is 4. The van der Waals surface area contributed by atoms with Crippen LogP contribution in [-0.2, 0) is 14.4 Å². The lowest BCUT2D eigenvalue weighted by atomic mass is 10.1. The molecule has 0 radical (unpaired) electrons. The summed E-state index contributed by atoms with van der Waals surface area (Å²) >= 11 is 0. The molecule has 1 unspecified atom stereocenters. The molecule has 0 spiro atoms. The van der Waals surface area contributed by atoms with Crippen LogP contribution in [0.2, 0.25) is 0 Å². The molecule has 0 aliphatic carbocycles. The molecular weight excluding hydrogens is 282 g/mol. The maximum atomic E-state index is 12.5. The molecule has 2 aliphatic rings. The molecule has 2 heterocycles. The maximum Gasteiger partial charge on any atom is 0.326 e. The average molecular weight is 299 g/mol. The van der Waals surface area contributed by atoms with E-state index in [0.29, 0.717) is 6.42 Å². The molecule has 4 amide bonds. The Hall–Kier alpha value is -2.16. The van der Waals surface area contributed by atoms with E-state index in [4.69, 9.17) is 5.11 Å². The highest BCUT2D eigenvalue weighted by Gasteiger charge is 2.44. The third-order valence-corrected chi connectivity index (χ3v) is 3.70. The zero-order valence-electron chi connectivity index (χ0n) is 11.5. The average Bonchev–Trinajstić information content (AvgIpc) is 2.79. The van der Waals surface area contributed by atoms with Gasteiger partial charge in [0.2, 0.25) is 11.8 Å². The lowest BCUT2D eigenvalue weighted by Crippen LogP contribution is -2.62. The third kappa shape index (κ3) is 2.82. The van der Waals surface area contributed by atoms with E-state index in [1.54, 1.807) is 6.92 Å². The Morgan fingerprint density at radius 3 is 2.57 bits per heavy atom. The molecular formula is C12H17N3O6. The first kappa shape index (κ1) is 15.2. The fourth-order valence-corrected chi connectivity index (χ4v) is 2.70. The van der Waals surface area contributed by atoms with Crippen LogP contribution in [0.4, 0.5) is 4.79 Å². The second-order valence-corrected chi connectivity index (χ2v) is 5.14. The number of hydrogen-bond donors (Lipinski definition) is 3. The summed E-state index contributed by atoms with van der Waals surface area (Å²) in [6.45, 7) is 1.26. The molecule has 9 nitrogen and oxygen atoms in total. The number of aliphatic hydroxyl groups is 1. The fourth-order valence-electron chi connectivity index (χ4n) is 2.70. The van der Waals surface area contributed by atoms with E-state index in [1.807, 2.05) is 0 Å². The number of hydrogen-bond acceptors (Lipinski definition) is 5. The molecule has 2 aliphatic heterocycles. The van der Waals surface area contributed by atoms with Gasteiger partial charge in [-0.1, -0.05) is 6.92 Å². The predicted octanol–water partition coefficient (Wildman–Crippen LogP) is -1.64. The van der Waals surface area contributed by atoms with Crippen molar-refractivity contribution in [1.29, 1.82) is 0 Å². The van der Waals surface area contributed by atoms with Crippen LogP contribution in [0.3, 0.4) is 0 Å². The molecule has 21 heavy (non-hydrogen) atoms. The topological polar surface area (TPSA) is 127 Å². The van der Waals surface area contributed by atoms with E-state index in [9.17, 15) is 24.3 Å². The van der Waals surface area contributed by atoms with E-state index in [0.717, 1.165) is 9.80 Å². The highest BCUT2D eigenvalue weighted by molar-refractivity contribution is 6.04. The van der Waals surface area contributed by atoms with Crippen molar-refractivity contribution >= 4 is 23.8 Å². The van der Waals surface area contributed by atoms with E-state index in [1.165, 1.54) is 0 Å². The number of carboxylic acid groups (broad SMARTS) is 1. The maximum absolute atomic E-state index is 12.5. The van der Waals surface area contributed by atoms with Crippen molar-refractivity contribution in [2.45, 2.75) is 38.0 Å². The standard InChI is InChI=1S/C12H17N3O6/c1-2-7-10(18)13-9(17)5-15(7)12(21)14-4-6(16)3-8(14)11(19)20/h6-8,16H,2-5H2,1H3,(H,19,20)(H,13,17,18)/t6-,7?,8+/m1/s1. The van der Waals surface area contributed by atoms with E-state index >= 15 is 0 Å². The first-order valence-corrected chi connectivity index (χ1v) is 6.67. The summed E-state index contributed by atoms with van der Waals surface area (Å²) in [5.74, 6) is -2.40. The van der Waals surface area contributed by atoms with Gasteiger partial charge in [-0.25, -0.2) is 9.59 Å². The SMILES string of the molecule is CCC1C(=O)NC(=O)CN1C(=O)N1C[C@H](O)C[C@H]1C(=O)O. The number of carbonyl (C=O) groups is 4. The Balaban J connectivity index is 2.22. The summed E-state index contributed by atoms with van der Waals surface area (Å²) in [6, 6.07) is -2.68. The van der Waals surface area contributed by atoms with Crippen LogP contribution < -0.4 is 5.32 Å². The van der Waals surface area contributed by atoms with Crippen molar-refractivity contribution in [3.63, 3.8) is 0 Å². The first-order valence-electron chi connectivity index (χ1n) is 6.67. The molecule has 3 atom stereocenters. The van der Waals surface area contributed by atoms with Gasteiger partial charge in [0.1, 0.15) is 18.6 Å². The lowest BCUT2D eigenvalue weighted by Gasteiger charge is -2.36. The van der Waals surface area contributed by atoms with Gasteiger partial charge < -0.3 is 20.0 Å². The summed E-state index contributed by atoms with van der Waals surface area (Å²) in [5.41, 5.74) is 0. The third-order valence-electron chi connectivity index (χ3n) is 3.70. The minimum absolute atomic E-state index is 0.0636. The number of imide groups is 1. The summed E-state index contributed by atoms with van der Waals surface area (Å²) in [5, 5.41) is 20.8. The number of aliphatic hydroxyl groups excluding tert-OH is 1. The van der Waals surface area contributed by atoms with Crippen molar-refractivity contribution < 1.29 is 29.4 Å². The monoisotopic (exact) mass is 299 g/mol. The number of carbonyl (C=O) groups excluding carboxylic acids is 3. The molecule has 0 saturated carbocycles. The molecule has 2 saturated heterocycles. The minimum atomic E-state index is -1.22. The van der Waals surface area contributed by atoms with Crippen molar-refractivity contribution in [3.8, 4) is 0 Å². The van der Waals surface area contributed by atoms with Crippen molar-refractivity contribution in [3.05, 3.63) is 0 Å². The number of nitrogens with one attached hydrogen (secondary N) is 1. The molecule has 116 valence electrons. The van der Waals surface area contributed by atoms with Crippen LogP contribution >= 0.6 is 0 Å². The number of likely N-dealkylation sites (tertiary alicyclic amines) is 1. The summed E-state index contributed by atoms with van der Waals surface area (Å²) in [7, 11) is 0. The molecule has 0 bridgehead atoms. The quantitative estimate of drug-likeness (QED) is 0.525. The van der Waals surface area contributed by atoms with Crippen molar-refractivity contribution in [1.82, 2.24) is 15.1 Å². The Morgan fingerprint density at radius 1 is 1.33 bits per heavy atom. The van der Waals surface area contributed by atoms with Crippen LogP contribution in [0.5, 0.6) is 0 Å². The molecule has 0 aromatic heterocycles. The van der Waals surface area contributed by atoms with Crippen LogP contribution in [0, 0.1) is 0 Å². The zero-order valence-corrected chi connectivity index (χ0v) is 11.5. The van der Waals surface area contributed by atoms with Crippen LogP contribution in [0.25, 0.3) is 0 Å². The molecule has 2 fully saturated rings. The summed E-state index contributed by atoms with van der Waals surface area (Å²) in [4.78, 5) is 48.9. The Morgan fingerprint density at radius 2 is 2.00 bits per heavy atom. The Kier molecular flexibility index (Phi) is 4.12. The minimum Gasteiger partial charge on any atom is -0.480 e. The van der Waals surface area contributed by atoms with Gasteiger partial charge in [0.25, 0.3) is 0 Å².